The molecule has 4 rings (SSSR count). The van der Waals surface area contributed by atoms with Gasteiger partial charge in [-0.15, -0.1) is 5.10 Å². The number of aryl methyl sites for hydroxylation is 1. The van der Waals surface area contributed by atoms with E-state index >= 15 is 0 Å². The monoisotopic (exact) mass is 500 g/mol. The molecule has 2 aliphatic rings. The Morgan fingerprint density at radius 1 is 1.17 bits per heavy atom. The molecule has 2 saturated carbocycles. The third kappa shape index (κ3) is 6.43. The standard InChI is InChI=1S/C27H37ClN4O3/c1-17-5-9-21(10-6-17)31(28)23(33)15-22(11-12-24(34)35)32-26(19-7-8-19)25(29-30-32)20-13-18(14-20)16-27(2,3)4/h5-6,9-10,18-20,22H,7-8,11-16H2,1-4H3,(H,34,35). The van der Waals surface area contributed by atoms with Crippen LogP contribution in [0.3, 0.4) is 0 Å². The van der Waals surface area contributed by atoms with Crippen molar-refractivity contribution in [2.24, 2.45) is 11.3 Å². The van der Waals surface area contributed by atoms with Crippen LogP contribution in [0.15, 0.2) is 24.3 Å². The van der Waals surface area contributed by atoms with Gasteiger partial charge in [0.05, 0.1) is 29.5 Å². The Bertz CT molecular complexity index is 1050. The number of rotatable bonds is 10. The van der Waals surface area contributed by atoms with E-state index in [1.807, 2.05) is 23.7 Å². The third-order valence-electron chi connectivity index (χ3n) is 7.17. The minimum absolute atomic E-state index is 0.0405. The molecule has 7 nitrogen and oxygen atoms in total. The number of halogens is 1. The Balaban J connectivity index is 1.53. The Morgan fingerprint density at radius 3 is 2.40 bits per heavy atom. The lowest BCUT2D eigenvalue weighted by Crippen LogP contribution is -2.28. The number of hydrogen-bond donors (Lipinski definition) is 1. The molecule has 2 fully saturated rings. The lowest BCUT2D eigenvalue weighted by molar-refractivity contribution is -0.137. The molecule has 1 N–H and O–H groups in total. The van der Waals surface area contributed by atoms with Crippen LogP contribution in [-0.4, -0.2) is 32.0 Å². The predicted octanol–water partition coefficient (Wildman–Crippen LogP) is 6.38. The quantitative estimate of drug-likeness (QED) is 0.382. The summed E-state index contributed by atoms with van der Waals surface area (Å²) >= 11 is 6.40. The lowest BCUT2D eigenvalue weighted by atomic mass is 9.67. The van der Waals surface area contributed by atoms with E-state index in [4.69, 9.17) is 11.8 Å². The Morgan fingerprint density at radius 2 is 1.83 bits per heavy atom. The molecule has 190 valence electrons. The maximum Gasteiger partial charge on any atom is 0.303 e. The smallest absolute Gasteiger partial charge is 0.303 e. The van der Waals surface area contributed by atoms with Crippen molar-refractivity contribution in [3.05, 3.63) is 41.2 Å². The fourth-order valence-electron chi connectivity index (χ4n) is 5.32. The number of carbonyl (C=O) groups excluding carboxylic acids is 1. The van der Waals surface area contributed by atoms with E-state index in [1.54, 1.807) is 12.1 Å². The molecule has 0 radical (unpaired) electrons. The number of carboxylic acid groups (broad SMARTS) is 1. The maximum atomic E-state index is 13.1. The largest absolute Gasteiger partial charge is 0.481 e. The highest BCUT2D eigenvalue weighted by atomic mass is 35.5. The summed E-state index contributed by atoms with van der Waals surface area (Å²) in [5, 5.41) is 18.5. The van der Waals surface area contributed by atoms with Crippen LogP contribution in [0.25, 0.3) is 0 Å². The SMILES string of the molecule is Cc1ccc(N(Cl)C(=O)CC(CCC(=O)O)n2nnc(C3CC(CC(C)(C)C)C3)c2C2CC2)cc1. The highest BCUT2D eigenvalue weighted by molar-refractivity contribution is 6.36. The minimum Gasteiger partial charge on any atom is -0.481 e. The molecule has 0 aliphatic heterocycles. The highest BCUT2D eigenvalue weighted by Gasteiger charge is 2.41. The molecule has 1 unspecified atom stereocenters. The van der Waals surface area contributed by atoms with Gasteiger partial charge in [-0.25, -0.2) is 9.10 Å². The number of aromatic nitrogens is 3. The van der Waals surface area contributed by atoms with Gasteiger partial charge in [0.25, 0.3) is 0 Å². The van der Waals surface area contributed by atoms with Gasteiger partial charge in [-0.2, -0.15) is 0 Å². The normalized spacial score (nSPS) is 20.8. The van der Waals surface area contributed by atoms with Gasteiger partial charge < -0.3 is 5.11 Å². The average Bonchev–Trinajstić information content (AvgIpc) is 3.51. The summed E-state index contributed by atoms with van der Waals surface area (Å²) in [6.45, 7) is 8.83. The zero-order valence-corrected chi connectivity index (χ0v) is 22.0. The summed E-state index contributed by atoms with van der Waals surface area (Å²) in [7, 11) is 0. The minimum atomic E-state index is -0.888. The van der Waals surface area contributed by atoms with Crippen LogP contribution in [0.5, 0.6) is 0 Å². The first kappa shape index (κ1) is 25.7. The van der Waals surface area contributed by atoms with E-state index < -0.39 is 12.0 Å². The maximum absolute atomic E-state index is 13.1. The van der Waals surface area contributed by atoms with E-state index in [0.29, 0.717) is 35.3 Å². The first-order valence-electron chi connectivity index (χ1n) is 12.7. The topological polar surface area (TPSA) is 88.3 Å². The van der Waals surface area contributed by atoms with Crippen molar-refractivity contribution in [3.63, 3.8) is 0 Å². The summed E-state index contributed by atoms with van der Waals surface area (Å²) in [6.07, 6.45) is 5.96. The van der Waals surface area contributed by atoms with Crippen molar-refractivity contribution >= 4 is 29.3 Å². The summed E-state index contributed by atoms with van der Waals surface area (Å²) in [5.74, 6) is 0.341. The van der Waals surface area contributed by atoms with Gasteiger partial charge in [0, 0.05) is 30.0 Å². The summed E-state index contributed by atoms with van der Waals surface area (Å²) in [5.41, 5.74) is 4.17. The third-order valence-corrected chi connectivity index (χ3v) is 7.56. The number of carboxylic acids is 1. The zero-order valence-electron chi connectivity index (χ0n) is 21.2. The molecule has 1 aromatic heterocycles. The van der Waals surface area contributed by atoms with Crippen molar-refractivity contribution in [2.75, 3.05) is 4.42 Å². The number of aliphatic carboxylic acids is 1. The molecule has 35 heavy (non-hydrogen) atoms. The Hall–Kier alpha value is -2.41. The van der Waals surface area contributed by atoms with Crippen LogP contribution in [-0.2, 0) is 9.59 Å². The van der Waals surface area contributed by atoms with Crippen LogP contribution in [0.2, 0.25) is 0 Å². The van der Waals surface area contributed by atoms with Crippen LogP contribution in [0, 0.1) is 18.3 Å². The Kier molecular flexibility index (Phi) is 7.55. The molecule has 1 atom stereocenters. The van der Waals surface area contributed by atoms with Crippen molar-refractivity contribution in [3.8, 4) is 0 Å². The van der Waals surface area contributed by atoms with Gasteiger partial charge in [0.1, 0.15) is 0 Å². The van der Waals surface area contributed by atoms with Gasteiger partial charge in [-0.1, -0.05) is 43.7 Å². The average molecular weight is 501 g/mol. The van der Waals surface area contributed by atoms with Gasteiger partial charge in [0.2, 0.25) is 5.91 Å². The fourth-order valence-corrected chi connectivity index (χ4v) is 5.50. The molecule has 0 bridgehead atoms. The van der Waals surface area contributed by atoms with E-state index in [9.17, 15) is 14.7 Å². The number of amides is 1. The van der Waals surface area contributed by atoms with Crippen molar-refractivity contribution in [2.45, 2.75) is 96.9 Å². The summed E-state index contributed by atoms with van der Waals surface area (Å²) in [4.78, 5) is 24.5. The van der Waals surface area contributed by atoms with Gasteiger partial charge >= 0.3 is 5.97 Å². The van der Waals surface area contributed by atoms with Crippen molar-refractivity contribution < 1.29 is 14.7 Å². The number of benzene rings is 1. The molecule has 8 heteroatoms. The van der Waals surface area contributed by atoms with E-state index in [1.165, 1.54) is 6.42 Å². The van der Waals surface area contributed by atoms with E-state index in [-0.39, 0.29) is 18.7 Å². The van der Waals surface area contributed by atoms with Crippen LogP contribution in [0.4, 0.5) is 5.69 Å². The number of hydrogen-bond acceptors (Lipinski definition) is 4. The Labute approximate surface area is 212 Å². The number of nitrogens with zero attached hydrogens (tertiary/aromatic N) is 4. The molecule has 0 spiro atoms. The molecule has 1 aromatic carbocycles. The molecule has 1 amide bonds. The fraction of sp³-hybridized carbons (Fsp3) is 0.630. The highest BCUT2D eigenvalue weighted by Crippen LogP contribution is 2.51. The molecule has 2 aliphatic carbocycles. The second kappa shape index (κ2) is 10.3. The lowest BCUT2D eigenvalue weighted by Gasteiger charge is -2.38. The molecular weight excluding hydrogens is 464 g/mol. The molecular formula is C27H37ClN4O3. The second-order valence-electron chi connectivity index (χ2n) is 11.7. The predicted molar refractivity (Wildman–Crippen MR) is 137 cm³/mol. The van der Waals surface area contributed by atoms with Gasteiger partial charge in [-0.05, 0) is 68.9 Å². The summed E-state index contributed by atoms with van der Waals surface area (Å²) < 4.78 is 3.00. The van der Waals surface area contributed by atoms with Crippen molar-refractivity contribution in [1.82, 2.24) is 15.0 Å². The number of carbonyl (C=O) groups is 2. The van der Waals surface area contributed by atoms with Crippen LogP contribution >= 0.6 is 11.8 Å². The van der Waals surface area contributed by atoms with Gasteiger partial charge in [-0.3, -0.25) is 9.59 Å². The van der Waals surface area contributed by atoms with Crippen LogP contribution in [0.1, 0.15) is 107 Å². The van der Waals surface area contributed by atoms with Crippen molar-refractivity contribution in [1.29, 1.82) is 0 Å². The van der Waals surface area contributed by atoms with E-state index in [2.05, 4.69) is 31.1 Å². The van der Waals surface area contributed by atoms with E-state index in [0.717, 1.165) is 47.1 Å². The number of anilines is 1. The molecule has 2 aromatic rings. The van der Waals surface area contributed by atoms with Crippen LogP contribution < -0.4 is 4.42 Å². The first-order chi connectivity index (χ1) is 16.5. The molecule has 1 heterocycles. The zero-order chi connectivity index (χ0) is 25.3. The second-order valence-corrected chi connectivity index (χ2v) is 12.0. The first-order valence-corrected chi connectivity index (χ1v) is 13.1. The molecule has 0 saturated heterocycles. The summed E-state index contributed by atoms with van der Waals surface area (Å²) in [6, 6.07) is 7.02. The van der Waals surface area contributed by atoms with Gasteiger partial charge in [0.15, 0.2) is 0 Å².